The lowest BCUT2D eigenvalue weighted by atomic mass is 10.2. The van der Waals surface area contributed by atoms with E-state index < -0.39 is 0 Å². The topological polar surface area (TPSA) is 50.2 Å². The first kappa shape index (κ1) is 10.9. The standard InChI is InChI=1S/C10H16N2O2S/c1-14-9-4-2-3-8(9)12-7(6-13)5-11-10(12)15/h5,8-9,13H,2-4,6H2,1H3,(H,11,15). The summed E-state index contributed by atoms with van der Waals surface area (Å²) in [5, 5.41) is 9.22. The molecule has 5 heteroatoms. The van der Waals surface area contributed by atoms with Crippen molar-refractivity contribution in [2.24, 2.45) is 0 Å². The maximum absolute atomic E-state index is 9.22. The molecule has 1 aliphatic rings. The molecule has 2 atom stereocenters. The summed E-state index contributed by atoms with van der Waals surface area (Å²) in [5.74, 6) is 0. The second kappa shape index (κ2) is 4.47. The van der Waals surface area contributed by atoms with E-state index in [9.17, 15) is 5.11 Å². The molecule has 0 bridgehead atoms. The van der Waals surface area contributed by atoms with Crippen LogP contribution < -0.4 is 0 Å². The van der Waals surface area contributed by atoms with E-state index in [2.05, 4.69) is 4.98 Å². The minimum Gasteiger partial charge on any atom is -0.390 e. The van der Waals surface area contributed by atoms with E-state index in [4.69, 9.17) is 17.0 Å². The Labute approximate surface area is 93.9 Å². The average Bonchev–Trinajstić information content (AvgIpc) is 2.82. The first-order valence-electron chi connectivity index (χ1n) is 5.20. The van der Waals surface area contributed by atoms with Crippen LogP contribution in [-0.2, 0) is 11.3 Å². The van der Waals surface area contributed by atoms with Crippen molar-refractivity contribution < 1.29 is 9.84 Å². The van der Waals surface area contributed by atoms with Gasteiger partial charge in [-0.1, -0.05) is 0 Å². The van der Waals surface area contributed by atoms with Gasteiger partial charge in [-0.25, -0.2) is 0 Å². The average molecular weight is 228 g/mol. The molecule has 0 spiro atoms. The molecule has 1 fully saturated rings. The number of imidazole rings is 1. The molecule has 1 heterocycles. The largest absolute Gasteiger partial charge is 0.390 e. The summed E-state index contributed by atoms with van der Waals surface area (Å²) in [6, 6.07) is 0.274. The van der Waals surface area contributed by atoms with E-state index in [0.717, 1.165) is 25.0 Å². The van der Waals surface area contributed by atoms with Crippen LogP contribution in [-0.4, -0.2) is 27.9 Å². The summed E-state index contributed by atoms with van der Waals surface area (Å²) in [6.45, 7) is 0.0140. The van der Waals surface area contributed by atoms with Gasteiger partial charge in [-0.2, -0.15) is 0 Å². The number of aromatic amines is 1. The summed E-state index contributed by atoms with van der Waals surface area (Å²) in [4.78, 5) is 2.97. The number of nitrogens with one attached hydrogen (secondary N) is 1. The van der Waals surface area contributed by atoms with E-state index >= 15 is 0 Å². The molecule has 2 rings (SSSR count). The van der Waals surface area contributed by atoms with Crippen molar-refractivity contribution >= 4 is 12.2 Å². The first-order valence-corrected chi connectivity index (χ1v) is 5.61. The number of H-pyrrole nitrogens is 1. The third-order valence-electron chi connectivity index (χ3n) is 3.10. The van der Waals surface area contributed by atoms with E-state index in [1.54, 1.807) is 13.3 Å². The van der Waals surface area contributed by atoms with Crippen molar-refractivity contribution in [1.29, 1.82) is 0 Å². The van der Waals surface area contributed by atoms with E-state index in [1.807, 2.05) is 4.57 Å². The molecule has 0 aromatic carbocycles. The number of aliphatic hydroxyl groups excluding tert-OH is 1. The number of nitrogens with zero attached hydrogens (tertiary/aromatic N) is 1. The smallest absolute Gasteiger partial charge is 0.177 e. The van der Waals surface area contributed by atoms with Crippen LogP contribution in [0.15, 0.2) is 6.20 Å². The van der Waals surface area contributed by atoms with Crippen molar-refractivity contribution in [2.45, 2.75) is 38.0 Å². The van der Waals surface area contributed by atoms with Crippen LogP contribution in [0.1, 0.15) is 31.0 Å². The van der Waals surface area contributed by atoms with Gasteiger partial charge in [0, 0.05) is 13.3 Å². The summed E-state index contributed by atoms with van der Waals surface area (Å²) >= 11 is 5.22. The molecule has 0 aliphatic heterocycles. The highest BCUT2D eigenvalue weighted by molar-refractivity contribution is 7.71. The van der Waals surface area contributed by atoms with Crippen molar-refractivity contribution in [3.8, 4) is 0 Å². The van der Waals surface area contributed by atoms with Gasteiger partial charge in [0.25, 0.3) is 0 Å². The van der Waals surface area contributed by atoms with Gasteiger partial charge >= 0.3 is 0 Å². The third-order valence-corrected chi connectivity index (χ3v) is 3.42. The number of methoxy groups -OCH3 is 1. The molecule has 15 heavy (non-hydrogen) atoms. The van der Waals surface area contributed by atoms with Crippen molar-refractivity contribution in [2.75, 3.05) is 7.11 Å². The Morgan fingerprint density at radius 1 is 1.67 bits per heavy atom. The lowest BCUT2D eigenvalue weighted by Crippen LogP contribution is -2.22. The number of hydrogen-bond donors (Lipinski definition) is 2. The predicted molar refractivity (Wildman–Crippen MR) is 59.2 cm³/mol. The van der Waals surface area contributed by atoms with Crippen molar-refractivity contribution in [1.82, 2.24) is 9.55 Å². The maximum Gasteiger partial charge on any atom is 0.177 e. The van der Waals surface area contributed by atoms with Crippen LogP contribution in [0.4, 0.5) is 0 Å². The molecule has 1 saturated carbocycles. The highest BCUT2D eigenvalue weighted by atomic mass is 32.1. The van der Waals surface area contributed by atoms with Gasteiger partial charge in [0.15, 0.2) is 4.77 Å². The van der Waals surface area contributed by atoms with Gasteiger partial charge in [0.1, 0.15) is 0 Å². The van der Waals surface area contributed by atoms with Gasteiger partial charge in [0.2, 0.25) is 0 Å². The van der Waals surface area contributed by atoms with Crippen LogP contribution in [0.2, 0.25) is 0 Å². The summed E-state index contributed by atoms with van der Waals surface area (Å²) in [6.07, 6.45) is 5.28. The summed E-state index contributed by atoms with van der Waals surface area (Å²) in [5.41, 5.74) is 0.842. The minimum absolute atomic E-state index is 0.0140. The molecule has 0 amide bonds. The van der Waals surface area contributed by atoms with Crippen LogP contribution >= 0.6 is 12.2 Å². The first-order chi connectivity index (χ1) is 7.27. The molecular formula is C10H16N2O2S. The maximum atomic E-state index is 9.22. The SMILES string of the molecule is COC1CCCC1n1c(CO)c[nH]c1=S. The fourth-order valence-electron chi connectivity index (χ4n) is 2.38. The van der Waals surface area contributed by atoms with Crippen LogP contribution in [0.5, 0.6) is 0 Å². The zero-order valence-electron chi connectivity index (χ0n) is 8.77. The molecule has 4 nitrogen and oxygen atoms in total. The van der Waals surface area contributed by atoms with Gasteiger partial charge < -0.3 is 19.4 Å². The fourth-order valence-corrected chi connectivity index (χ4v) is 2.69. The Balaban J connectivity index is 2.35. The van der Waals surface area contributed by atoms with Gasteiger partial charge in [-0.05, 0) is 31.5 Å². The number of aromatic nitrogens is 2. The predicted octanol–water partition coefficient (Wildman–Crippen LogP) is 1.78. The zero-order valence-corrected chi connectivity index (χ0v) is 9.59. The second-order valence-corrected chi connectivity index (χ2v) is 4.27. The Bertz CT molecular complexity index is 385. The molecule has 2 unspecified atom stereocenters. The monoisotopic (exact) mass is 228 g/mol. The van der Waals surface area contributed by atoms with Gasteiger partial charge in [-0.3, -0.25) is 0 Å². The number of hydrogen-bond acceptors (Lipinski definition) is 3. The number of rotatable bonds is 3. The molecule has 2 N–H and O–H groups in total. The molecule has 0 radical (unpaired) electrons. The fraction of sp³-hybridized carbons (Fsp3) is 0.700. The molecule has 1 aromatic rings. The Hall–Kier alpha value is -0.650. The van der Waals surface area contributed by atoms with Crippen LogP contribution in [0.3, 0.4) is 0 Å². The second-order valence-electron chi connectivity index (χ2n) is 3.89. The molecule has 0 saturated heterocycles. The lowest BCUT2D eigenvalue weighted by molar-refractivity contribution is 0.0723. The highest BCUT2D eigenvalue weighted by Crippen LogP contribution is 2.33. The minimum atomic E-state index is 0.0140. The highest BCUT2D eigenvalue weighted by Gasteiger charge is 2.30. The van der Waals surface area contributed by atoms with E-state index in [1.165, 1.54) is 0 Å². The van der Waals surface area contributed by atoms with Crippen LogP contribution in [0.25, 0.3) is 0 Å². The molecular weight excluding hydrogens is 212 g/mol. The van der Waals surface area contributed by atoms with Crippen molar-refractivity contribution in [3.63, 3.8) is 0 Å². The molecule has 1 aromatic heterocycles. The summed E-state index contributed by atoms with van der Waals surface area (Å²) < 4.78 is 8.11. The van der Waals surface area contributed by atoms with Crippen LogP contribution in [0, 0.1) is 4.77 Å². The Kier molecular flexibility index (Phi) is 3.23. The van der Waals surface area contributed by atoms with Gasteiger partial charge in [0.05, 0.1) is 24.4 Å². The Morgan fingerprint density at radius 3 is 3.13 bits per heavy atom. The Morgan fingerprint density at radius 2 is 2.47 bits per heavy atom. The lowest BCUT2D eigenvalue weighted by Gasteiger charge is -2.21. The third kappa shape index (κ3) is 1.87. The van der Waals surface area contributed by atoms with E-state index in [0.29, 0.717) is 4.77 Å². The normalized spacial score (nSPS) is 26.0. The number of aliphatic hydroxyl groups is 1. The van der Waals surface area contributed by atoms with Crippen molar-refractivity contribution in [3.05, 3.63) is 16.7 Å². The summed E-state index contributed by atoms with van der Waals surface area (Å²) in [7, 11) is 1.73. The van der Waals surface area contributed by atoms with Gasteiger partial charge in [-0.15, -0.1) is 0 Å². The quantitative estimate of drug-likeness (QED) is 0.775. The number of ether oxygens (including phenoxy) is 1. The molecule has 84 valence electrons. The zero-order chi connectivity index (χ0) is 10.8. The molecule has 1 aliphatic carbocycles. The van der Waals surface area contributed by atoms with E-state index in [-0.39, 0.29) is 18.8 Å².